The van der Waals surface area contributed by atoms with Crippen molar-refractivity contribution >= 4 is 17.6 Å². The third-order valence-electron chi connectivity index (χ3n) is 5.27. The SMILES string of the molecule is COC(=O)c1ccc(CN2C[C@@H](C)N(Cc3ccccc3Cl)[C@@H](C)C2)cc1. The van der Waals surface area contributed by atoms with Gasteiger partial charge < -0.3 is 4.74 Å². The third kappa shape index (κ3) is 4.89. The molecule has 0 aliphatic carbocycles. The van der Waals surface area contributed by atoms with Gasteiger partial charge in [0.1, 0.15) is 0 Å². The van der Waals surface area contributed by atoms with Crippen LogP contribution < -0.4 is 0 Å². The summed E-state index contributed by atoms with van der Waals surface area (Å²) in [5.74, 6) is -0.294. The molecule has 1 saturated heterocycles. The highest BCUT2D eigenvalue weighted by molar-refractivity contribution is 6.31. The number of carbonyl (C=O) groups is 1. The summed E-state index contributed by atoms with van der Waals surface area (Å²) in [6, 6.07) is 16.7. The molecule has 1 aliphatic rings. The monoisotopic (exact) mass is 386 g/mol. The molecule has 2 aromatic rings. The van der Waals surface area contributed by atoms with E-state index in [9.17, 15) is 4.79 Å². The lowest BCUT2D eigenvalue weighted by atomic mass is 10.0. The van der Waals surface area contributed by atoms with Gasteiger partial charge in [0.15, 0.2) is 0 Å². The first-order valence-corrected chi connectivity index (χ1v) is 9.74. The molecule has 0 unspecified atom stereocenters. The molecular weight excluding hydrogens is 360 g/mol. The van der Waals surface area contributed by atoms with Crippen molar-refractivity contribution in [2.75, 3.05) is 20.2 Å². The maximum Gasteiger partial charge on any atom is 0.337 e. The van der Waals surface area contributed by atoms with E-state index in [1.54, 1.807) is 0 Å². The highest BCUT2D eigenvalue weighted by Crippen LogP contribution is 2.24. The second kappa shape index (κ2) is 8.87. The number of halogens is 1. The van der Waals surface area contributed by atoms with Crippen LogP contribution in [0.2, 0.25) is 5.02 Å². The largest absolute Gasteiger partial charge is 0.465 e. The molecule has 0 spiro atoms. The Morgan fingerprint density at radius 2 is 1.67 bits per heavy atom. The number of piperazine rings is 1. The smallest absolute Gasteiger partial charge is 0.337 e. The van der Waals surface area contributed by atoms with E-state index >= 15 is 0 Å². The fraction of sp³-hybridized carbons (Fsp3) is 0.409. The van der Waals surface area contributed by atoms with E-state index in [4.69, 9.17) is 16.3 Å². The summed E-state index contributed by atoms with van der Waals surface area (Å²) in [6.45, 7) is 8.33. The number of esters is 1. The quantitative estimate of drug-likeness (QED) is 0.720. The zero-order chi connectivity index (χ0) is 19.4. The van der Waals surface area contributed by atoms with E-state index in [0.717, 1.165) is 31.2 Å². The van der Waals surface area contributed by atoms with Gasteiger partial charge in [0.05, 0.1) is 12.7 Å². The van der Waals surface area contributed by atoms with Gasteiger partial charge >= 0.3 is 5.97 Å². The molecule has 0 amide bonds. The molecule has 0 aromatic heterocycles. The maximum absolute atomic E-state index is 11.6. The van der Waals surface area contributed by atoms with E-state index in [-0.39, 0.29) is 5.97 Å². The zero-order valence-corrected chi connectivity index (χ0v) is 16.9. The summed E-state index contributed by atoms with van der Waals surface area (Å²) in [5, 5.41) is 0.838. The molecule has 1 fully saturated rings. The Labute approximate surface area is 166 Å². The van der Waals surface area contributed by atoms with Gasteiger partial charge in [-0.3, -0.25) is 9.80 Å². The molecule has 0 radical (unpaired) electrons. The van der Waals surface area contributed by atoms with E-state index in [1.165, 1.54) is 18.2 Å². The average molecular weight is 387 g/mol. The Morgan fingerprint density at radius 1 is 1.04 bits per heavy atom. The fourth-order valence-corrected chi connectivity index (χ4v) is 4.05. The van der Waals surface area contributed by atoms with Crippen molar-refractivity contribution in [2.45, 2.75) is 39.0 Å². The van der Waals surface area contributed by atoms with Crippen LogP contribution in [-0.4, -0.2) is 48.1 Å². The lowest BCUT2D eigenvalue weighted by molar-refractivity contribution is 0.0290. The van der Waals surface area contributed by atoms with E-state index in [0.29, 0.717) is 17.6 Å². The number of methoxy groups -OCH3 is 1. The first-order chi connectivity index (χ1) is 13.0. The Hall–Kier alpha value is -1.88. The topological polar surface area (TPSA) is 32.8 Å². The molecule has 0 N–H and O–H groups in total. The Morgan fingerprint density at radius 3 is 2.26 bits per heavy atom. The van der Waals surface area contributed by atoms with E-state index in [2.05, 4.69) is 29.7 Å². The predicted molar refractivity (Wildman–Crippen MR) is 109 cm³/mol. The molecule has 27 heavy (non-hydrogen) atoms. The minimum absolute atomic E-state index is 0.294. The maximum atomic E-state index is 11.6. The Bertz CT molecular complexity index is 766. The number of nitrogens with zero attached hydrogens (tertiary/aromatic N) is 2. The van der Waals surface area contributed by atoms with Gasteiger partial charge in [-0.15, -0.1) is 0 Å². The van der Waals surface area contributed by atoms with Gasteiger partial charge in [0.25, 0.3) is 0 Å². The summed E-state index contributed by atoms with van der Waals surface area (Å²) in [5.41, 5.74) is 2.99. The van der Waals surface area contributed by atoms with E-state index in [1.807, 2.05) is 42.5 Å². The first-order valence-electron chi connectivity index (χ1n) is 9.36. The normalized spacial score (nSPS) is 21.2. The molecule has 1 aliphatic heterocycles. The molecule has 3 rings (SSSR count). The molecule has 0 bridgehead atoms. The summed E-state index contributed by atoms with van der Waals surface area (Å²) in [6.07, 6.45) is 0. The van der Waals surface area contributed by atoms with E-state index < -0.39 is 0 Å². The average Bonchev–Trinajstić information content (AvgIpc) is 2.66. The molecule has 2 atom stereocenters. The molecule has 5 heteroatoms. The lowest BCUT2D eigenvalue weighted by Crippen LogP contribution is -2.55. The van der Waals surface area contributed by atoms with Crippen LogP contribution in [0.3, 0.4) is 0 Å². The first kappa shape index (κ1) is 19.9. The van der Waals surface area contributed by atoms with Crippen LogP contribution in [0.15, 0.2) is 48.5 Å². The summed E-state index contributed by atoms with van der Waals surface area (Å²) < 4.78 is 4.76. The standard InChI is InChI=1S/C22H27ClN2O2/c1-16-12-24(14-18-8-10-19(11-9-18)22(26)27-3)13-17(2)25(16)15-20-6-4-5-7-21(20)23/h4-11,16-17H,12-15H2,1-3H3/t16-,17+. The number of ether oxygens (including phenoxy) is 1. The zero-order valence-electron chi connectivity index (χ0n) is 16.2. The summed E-state index contributed by atoms with van der Waals surface area (Å²) in [4.78, 5) is 16.6. The molecule has 1 heterocycles. The lowest BCUT2D eigenvalue weighted by Gasteiger charge is -2.44. The molecule has 2 aromatic carbocycles. The number of rotatable bonds is 5. The molecule has 144 valence electrons. The van der Waals surface area contributed by atoms with Crippen LogP contribution in [0, 0.1) is 0 Å². The predicted octanol–water partition coefficient (Wildman–Crippen LogP) is 4.22. The molecule has 0 saturated carbocycles. The van der Waals surface area contributed by atoms with Gasteiger partial charge in [0, 0.05) is 43.3 Å². The van der Waals surface area contributed by atoms with Crippen molar-refractivity contribution in [1.29, 1.82) is 0 Å². The number of hydrogen-bond acceptors (Lipinski definition) is 4. The van der Waals surface area contributed by atoms with Gasteiger partial charge in [-0.2, -0.15) is 0 Å². The Kier molecular flexibility index (Phi) is 6.53. The van der Waals surface area contributed by atoms with Crippen LogP contribution >= 0.6 is 11.6 Å². The minimum Gasteiger partial charge on any atom is -0.465 e. The minimum atomic E-state index is -0.294. The summed E-state index contributed by atoms with van der Waals surface area (Å²) in [7, 11) is 1.40. The van der Waals surface area contributed by atoms with Crippen LogP contribution in [0.4, 0.5) is 0 Å². The van der Waals surface area contributed by atoms with Crippen LogP contribution in [0.25, 0.3) is 0 Å². The summed E-state index contributed by atoms with van der Waals surface area (Å²) >= 11 is 6.35. The van der Waals surface area contributed by atoms with Gasteiger partial charge in [0.2, 0.25) is 0 Å². The number of benzene rings is 2. The van der Waals surface area contributed by atoms with Gasteiger partial charge in [-0.05, 0) is 43.2 Å². The van der Waals surface area contributed by atoms with Crippen molar-refractivity contribution in [3.63, 3.8) is 0 Å². The van der Waals surface area contributed by atoms with Crippen LogP contribution in [-0.2, 0) is 17.8 Å². The van der Waals surface area contributed by atoms with Crippen molar-refractivity contribution in [3.05, 3.63) is 70.2 Å². The van der Waals surface area contributed by atoms with Crippen molar-refractivity contribution < 1.29 is 9.53 Å². The van der Waals surface area contributed by atoms with Crippen molar-refractivity contribution in [2.24, 2.45) is 0 Å². The van der Waals surface area contributed by atoms with Crippen LogP contribution in [0.1, 0.15) is 35.3 Å². The van der Waals surface area contributed by atoms with Gasteiger partial charge in [-0.25, -0.2) is 4.79 Å². The second-order valence-electron chi connectivity index (χ2n) is 7.34. The van der Waals surface area contributed by atoms with Crippen molar-refractivity contribution in [3.8, 4) is 0 Å². The van der Waals surface area contributed by atoms with Gasteiger partial charge in [-0.1, -0.05) is 41.9 Å². The fourth-order valence-electron chi connectivity index (χ4n) is 3.85. The molecular formula is C22H27ClN2O2. The number of hydrogen-bond donors (Lipinski definition) is 0. The highest BCUT2D eigenvalue weighted by atomic mass is 35.5. The van der Waals surface area contributed by atoms with Crippen molar-refractivity contribution in [1.82, 2.24) is 9.80 Å². The second-order valence-corrected chi connectivity index (χ2v) is 7.75. The highest BCUT2D eigenvalue weighted by Gasteiger charge is 2.29. The Balaban J connectivity index is 1.61. The van der Waals surface area contributed by atoms with Crippen LogP contribution in [0.5, 0.6) is 0 Å². The molecule has 4 nitrogen and oxygen atoms in total. The number of carbonyl (C=O) groups excluding carboxylic acids is 1. The third-order valence-corrected chi connectivity index (χ3v) is 5.64.